The van der Waals surface area contributed by atoms with Gasteiger partial charge in [0.05, 0.1) is 11.0 Å². The molecular formula is C20H13F3N2O. The van der Waals surface area contributed by atoms with E-state index in [1.807, 2.05) is 0 Å². The van der Waals surface area contributed by atoms with E-state index in [4.69, 9.17) is 5.73 Å². The van der Waals surface area contributed by atoms with Gasteiger partial charge >= 0.3 is 0 Å². The Morgan fingerprint density at radius 1 is 0.923 bits per heavy atom. The summed E-state index contributed by atoms with van der Waals surface area (Å²) in [5.74, 6) is -3.01. The summed E-state index contributed by atoms with van der Waals surface area (Å²) in [6.07, 6.45) is 0. The number of carbonyl (C=O) groups is 1. The van der Waals surface area contributed by atoms with Crippen molar-refractivity contribution >= 4 is 27.7 Å². The predicted octanol–water partition coefficient (Wildman–Crippen LogP) is 4.36. The molecule has 0 saturated carbocycles. The molecule has 0 aliphatic heterocycles. The van der Waals surface area contributed by atoms with Gasteiger partial charge in [-0.3, -0.25) is 4.79 Å². The third kappa shape index (κ3) is 2.42. The molecule has 2 N–H and O–H groups in total. The first-order valence-electron chi connectivity index (χ1n) is 7.90. The minimum Gasteiger partial charge on any atom is -0.366 e. The lowest BCUT2D eigenvalue weighted by atomic mass is 10.1. The molecular weight excluding hydrogens is 341 g/mol. The van der Waals surface area contributed by atoms with E-state index in [-0.39, 0.29) is 17.6 Å². The van der Waals surface area contributed by atoms with Crippen LogP contribution >= 0.6 is 0 Å². The molecule has 0 spiro atoms. The first kappa shape index (κ1) is 16.2. The van der Waals surface area contributed by atoms with Gasteiger partial charge in [0, 0.05) is 22.9 Å². The number of aromatic nitrogens is 1. The highest BCUT2D eigenvalue weighted by molar-refractivity contribution is 6.17. The zero-order chi connectivity index (χ0) is 18.4. The van der Waals surface area contributed by atoms with Crippen molar-refractivity contribution in [2.75, 3.05) is 0 Å². The third-order valence-corrected chi connectivity index (χ3v) is 4.45. The van der Waals surface area contributed by atoms with Crippen LogP contribution in [0.25, 0.3) is 21.8 Å². The molecule has 0 unspecified atom stereocenters. The van der Waals surface area contributed by atoms with Gasteiger partial charge in [-0.25, -0.2) is 13.2 Å². The molecule has 0 aliphatic carbocycles. The van der Waals surface area contributed by atoms with E-state index in [1.54, 1.807) is 34.9 Å². The van der Waals surface area contributed by atoms with Crippen molar-refractivity contribution in [1.82, 2.24) is 4.57 Å². The average Bonchev–Trinajstić information content (AvgIpc) is 2.93. The normalized spacial score (nSPS) is 11.3. The van der Waals surface area contributed by atoms with Crippen molar-refractivity contribution in [1.29, 1.82) is 0 Å². The summed E-state index contributed by atoms with van der Waals surface area (Å²) in [5.41, 5.74) is 7.09. The van der Waals surface area contributed by atoms with Crippen LogP contribution in [0.2, 0.25) is 0 Å². The Bertz CT molecular complexity index is 1180. The monoisotopic (exact) mass is 354 g/mol. The molecule has 0 fully saturated rings. The predicted molar refractivity (Wildman–Crippen MR) is 93.4 cm³/mol. The molecule has 3 nitrogen and oxygen atoms in total. The molecule has 4 rings (SSSR count). The summed E-state index contributed by atoms with van der Waals surface area (Å²) >= 11 is 0. The molecule has 0 bridgehead atoms. The lowest BCUT2D eigenvalue weighted by Crippen LogP contribution is -2.11. The Morgan fingerprint density at radius 2 is 1.69 bits per heavy atom. The number of nitrogens with zero attached hydrogens (tertiary/aromatic N) is 1. The second-order valence-corrected chi connectivity index (χ2v) is 6.03. The van der Waals surface area contributed by atoms with Gasteiger partial charge in [-0.15, -0.1) is 0 Å². The van der Waals surface area contributed by atoms with Crippen LogP contribution in [-0.4, -0.2) is 10.5 Å². The fourth-order valence-corrected chi connectivity index (χ4v) is 3.35. The van der Waals surface area contributed by atoms with Crippen molar-refractivity contribution in [2.24, 2.45) is 5.73 Å². The number of benzene rings is 3. The van der Waals surface area contributed by atoms with Gasteiger partial charge in [0.15, 0.2) is 11.6 Å². The number of primary amides is 1. The average molecular weight is 354 g/mol. The van der Waals surface area contributed by atoms with Crippen LogP contribution in [0.5, 0.6) is 0 Å². The fraction of sp³-hybridized carbons (Fsp3) is 0.0500. The van der Waals surface area contributed by atoms with Crippen LogP contribution in [-0.2, 0) is 6.54 Å². The molecule has 0 atom stereocenters. The Hall–Kier alpha value is -3.28. The number of hydrogen-bond donors (Lipinski definition) is 1. The highest BCUT2D eigenvalue weighted by Crippen LogP contribution is 2.33. The number of fused-ring (bicyclic) bond motifs is 3. The number of carbonyl (C=O) groups excluding carboxylic acids is 1. The molecule has 130 valence electrons. The summed E-state index contributed by atoms with van der Waals surface area (Å²) in [5, 5.41) is 1.08. The van der Waals surface area contributed by atoms with E-state index in [0.717, 1.165) is 12.1 Å². The Morgan fingerprint density at radius 3 is 2.42 bits per heavy atom. The molecule has 26 heavy (non-hydrogen) atoms. The van der Waals surface area contributed by atoms with Crippen LogP contribution in [0.1, 0.15) is 15.9 Å². The van der Waals surface area contributed by atoms with Gasteiger partial charge in [0.2, 0.25) is 5.91 Å². The molecule has 1 amide bonds. The van der Waals surface area contributed by atoms with E-state index in [0.29, 0.717) is 21.9 Å². The molecule has 6 heteroatoms. The maximum Gasteiger partial charge on any atom is 0.249 e. The summed E-state index contributed by atoms with van der Waals surface area (Å²) < 4.78 is 43.0. The minimum atomic E-state index is -0.971. The molecule has 4 aromatic rings. The number of hydrogen-bond acceptors (Lipinski definition) is 1. The van der Waals surface area contributed by atoms with Gasteiger partial charge in [-0.05, 0) is 35.9 Å². The summed E-state index contributed by atoms with van der Waals surface area (Å²) in [6.45, 7) is 0.111. The zero-order valence-electron chi connectivity index (χ0n) is 13.5. The largest absolute Gasteiger partial charge is 0.366 e. The maximum atomic E-state index is 14.6. The Balaban J connectivity index is 2.05. The van der Waals surface area contributed by atoms with Gasteiger partial charge in [-0.1, -0.05) is 24.3 Å². The zero-order valence-corrected chi connectivity index (χ0v) is 13.5. The number of halogens is 3. The van der Waals surface area contributed by atoms with Gasteiger partial charge in [-0.2, -0.15) is 0 Å². The number of amides is 1. The first-order chi connectivity index (χ1) is 12.5. The minimum absolute atomic E-state index is 0.111. The third-order valence-electron chi connectivity index (χ3n) is 4.45. The van der Waals surface area contributed by atoms with E-state index in [1.165, 1.54) is 12.1 Å². The van der Waals surface area contributed by atoms with Gasteiger partial charge in [0.1, 0.15) is 5.82 Å². The van der Waals surface area contributed by atoms with Crippen LogP contribution in [0.3, 0.4) is 0 Å². The molecule has 1 heterocycles. The standard InChI is InChI=1S/C20H13F3N2O/c21-14-8-7-11(9-16(14)23)10-25-17-6-2-4-13(20(24)26)18(17)12-3-1-5-15(22)19(12)25/h1-9H,10H2,(H2,24,26). The second kappa shape index (κ2) is 5.91. The lowest BCUT2D eigenvalue weighted by molar-refractivity contribution is 0.100. The summed E-state index contributed by atoms with van der Waals surface area (Å²) in [7, 11) is 0. The van der Waals surface area contributed by atoms with Crippen molar-refractivity contribution < 1.29 is 18.0 Å². The van der Waals surface area contributed by atoms with Gasteiger partial charge in [0.25, 0.3) is 0 Å². The molecule has 0 radical (unpaired) electrons. The van der Waals surface area contributed by atoms with Crippen LogP contribution < -0.4 is 5.73 Å². The van der Waals surface area contributed by atoms with Crippen molar-refractivity contribution in [3.05, 3.63) is 83.2 Å². The smallest absolute Gasteiger partial charge is 0.249 e. The van der Waals surface area contributed by atoms with E-state index in [2.05, 4.69) is 0 Å². The number of para-hydroxylation sites is 1. The maximum absolute atomic E-state index is 14.6. The van der Waals surface area contributed by atoms with E-state index < -0.39 is 23.4 Å². The molecule has 3 aromatic carbocycles. The van der Waals surface area contributed by atoms with E-state index >= 15 is 0 Å². The first-order valence-corrected chi connectivity index (χ1v) is 7.90. The number of rotatable bonds is 3. The highest BCUT2D eigenvalue weighted by atomic mass is 19.2. The fourth-order valence-electron chi connectivity index (χ4n) is 3.35. The summed E-state index contributed by atoms with van der Waals surface area (Å²) in [4.78, 5) is 11.8. The topological polar surface area (TPSA) is 48.0 Å². The second-order valence-electron chi connectivity index (χ2n) is 6.03. The molecule has 0 aliphatic rings. The van der Waals surface area contributed by atoms with Crippen LogP contribution in [0.15, 0.2) is 54.6 Å². The SMILES string of the molecule is NC(=O)c1cccc2c1c1cccc(F)c1n2Cc1ccc(F)c(F)c1. The van der Waals surface area contributed by atoms with Crippen LogP contribution in [0, 0.1) is 17.5 Å². The lowest BCUT2D eigenvalue weighted by Gasteiger charge is -2.09. The Labute approximate surface area is 146 Å². The summed E-state index contributed by atoms with van der Waals surface area (Å²) in [6, 6.07) is 13.1. The quantitative estimate of drug-likeness (QED) is 0.584. The molecule has 1 aromatic heterocycles. The van der Waals surface area contributed by atoms with Crippen molar-refractivity contribution in [3.63, 3.8) is 0 Å². The van der Waals surface area contributed by atoms with Crippen LogP contribution in [0.4, 0.5) is 13.2 Å². The van der Waals surface area contributed by atoms with Crippen molar-refractivity contribution in [3.8, 4) is 0 Å². The van der Waals surface area contributed by atoms with Crippen molar-refractivity contribution in [2.45, 2.75) is 6.54 Å². The molecule has 0 saturated heterocycles. The van der Waals surface area contributed by atoms with E-state index in [9.17, 15) is 18.0 Å². The Kier molecular flexibility index (Phi) is 3.68. The number of nitrogens with two attached hydrogens (primary N) is 1. The highest BCUT2D eigenvalue weighted by Gasteiger charge is 2.19. The van der Waals surface area contributed by atoms with Gasteiger partial charge < -0.3 is 10.3 Å².